The summed E-state index contributed by atoms with van der Waals surface area (Å²) in [7, 11) is -3.75. The molecule has 1 N–H and O–H groups in total. The van der Waals surface area contributed by atoms with E-state index in [0.29, 0.717) is 11.1 Å². The average Bonchev–Trinajstić information content (AvgIpc) is 2.35. The summed E-state index contributed by atoms with van der Waals surface area (Å²) in [5.74, 6) is -0.126. The zero-order chi connectivity index (χ0) is 14.6. The Morgan fingerprint density at radius 2 is 1.89 bits per heavy atom. The highest BCUT2D eigenvalue weighted by molar-refractivity contribution is 7.89. The molecular weight excluding hydrogens is 262 g/mol. The minimum Gasteiger partial charge on any atom is -0.207 e. The fourth-order valence-corrected chi connectivity index (χ4v) is 2.85. The highest BCUT2D eigenvalue weighted by Gasteiger charge is 2.22. The number of aryl methyl sites for hydroxylation is 1. The van der Waals surface area contributed by atoms with Crippen molar-refractivity contribution in [2.24, 2.45) is 5.92 Å². The van der Waals surface area contributed by atoms with Gasteiger partial charge in [0.05, 0.1) is 22.6 Å². The van der Waals surface area contributed by atoms with Crippen LogP contribution in [0.5, 0.6) is 0 Å². The van der Waals surface area contributed by atoms with Gasteiger partial charge < -0.3 is 0 Å². The first-order valence-electron chi connectivity index (χ1n) is 5.74. The third kappa shape index (κ3) is 3.54. The van der Waals surface area contributed by atoms with E-state index < -0.39 is 16.1 Å². The molecule has 0 spiro atoms. The largest absolute Gasteiger partial charge is 0.241 e. The number of rotatable bonds is 4. The molecule has 1 unspecified atom stereocenters. The van der Waals surface area contributed by atoms with Gasteiger partial charge in [0.2, 0.25) is 10.0 Å². The minimum absolute atomic E-state index is 0.0601. The number of nitrogens with zero attached hydrogens (tertiary/aromatic N) is 2. The smallest absolute Gasteiger partial charge is 0.207 e. The minimum atomic E-state index is -3.75. The lowest BCUT2D eigenvalue weighted by Gasteiger charge is -2.15. The van der Waals surface area contributed by atoms with Crippen molar-refractivity contribution in [3.8, 4) is 12.1 Å². The van der Waals surface area contributed by atoms with Crippen LogP contribution in [-0.4, -0.2) is 14.5 Å². The Hall–Kier alpha value is -1.89. The molecule has 0 amide bonds. The molecule has 0 aliphatic rings. The van der Waals surface area contributed by atoms with Crippen LogP contribution in [0.25, 0.3) is 0 Å². The van der Waals surface area contributed by atoms with E-state index in [2.05, 4.69) is 4.72 Å². The monoisotopic (exact) mass is 277 g/mol. The van der Waals surface area contributed by atoms with Crippen LogP contribution in [0.1, 0.15) is 25.0 Å². The maximum absolute atomic E-state index is 12.1. The molecule has 1 rings (SSSR count). The highest BCUT2D eigenvalue weighted by Crippen LogP contribution is 2.16. The lowest BCUT2D eigenvalue weighted by atomic mass is 10.1. The molecule has 19 heavy (non-hydrogen) atoms. The van der Waals surface area contributed by atoms with Crippen molar-refractivity contribution < 1.29 is 8.42 Å². The first-order chi connectivity index (χ1) is 8.81. The van der Waals surface area contributed by atoms with Gasteiger partial charge in [0.25, 0.3) is 0 Å². The van der Waals surface area contributed by atoms with Crippen molar-refractivity contribution in [3.63, 3.8) is 0 Å². The number of hydrogen-bond acceptors (Lipinski definition) is 4. The van der Waals surface area contributed by atoms with E-state index in [1.807, 2.05) is 12.1 Å². The van der Waals surface area contributed by atoms with Gasteiger partial charge in [0.15, 0.2) is 0 Å². The topological polar surface area (TPSA) is 93.8 Å². The predicted octanol–water partition coefficient (Wildman–Crippen LogP) is 1.69. The molecule has 0 saturated heterocycles. The summed E-state index contributed by atoms with van der Waals surface area (Å²) in [5.41, 5.74) is 1.02. The number of nitrogens with one attached hydrogen (secondary N) is 1. The summed E-state index contributed by atoms with van der Waals surface area (Å²) >= 11 is 0. The first-order valence-corrected chi connectivity index (χ1v) is 7.23. The van der Waals surface area contributed by atoms with E-state index in [1.165, 1.54) is 18.2 Å². The van der Waals surface area contributed by atoms with Crippen molar-refractivity contribution in [3.05, 3.63) is 29.3 Å². The second-order valence-electron chi connectivity index (χ2n) is 4.56. The third-order valence-electron chi connectivity index (χ3n) is 2.72. The van der Waals surface area contributed by atoms with Crippen LogP contribution in [-0.2, 0) is 10.0 Å². The Labute approximate surface area is 113 Å². The van der Waals surface area contributed by atoms with Crippen molar-refractivity contribution in [1.29, 1.82) is 10.5 Å². The van der Waals surface area contributed by atoms with Gasteiger partial charge in [-0.25, -0.2) is 8.42 Å². The molecule has 0 bridgehead atoms. The number of benzene rings is 1. The standard InChI is InChI=1S/C13H15N3O2S/c1-9(2)13(8-15)16-19(17,18)12-5-4-11(7-14)10(3)6-12/h4-6,9,13,16H,1-3H3. The normalized spacial score (nSPS) is 12.7. The van der Waals surface area contributed by atoms with Gasteiger partial charge in [-0.1, -0.05) is 13.8 Å². The quantitative estimate of drug-likeness (QED) is 0.906. The molecule has 1 aromatic rings. The highest BCUT2D eigenvalue weighted by atomic mass is 32.2. The van der Waals surface area contributed by atoms with Gasteiger partial charge in [0, 0.05) is 0 Å². The summed E-state index contributed by atoms with van der Waals surface area (Å²) in [6, 6.07) is 7.37. The number of hydrogen-bond donors (Lipinski definition) is 1. The van der Waals surface area contributed by atoms with Crippen LogP contribution in [0.15, 0.2) is 23.1 Å². The molecule has 5 nitrogen and oxygen atoms in total. The van der Waals surface area contributed by atoms with Gasteiger partial charge in [-0.3, -0.25) is 0 Å². The molecule has 0 radical (unpaired) electrons. The number of nitriles is 2. The van der Waals surface area contributed by atoms with E-state index in [0.717, 1.165) is 0 Å². The predicted molar refractivity (Wildman–Crippen MR) is 70.5 cm³/mol. The Bertz CT molecular complexity index is 651. The summed E-state index contributed by atoms with van der Waals surface area (Å²) < 4.78 is 26.6. The molecule has 1 atom stereocenters. The summed E-state index contributed by atoms with van der Waals surface area (Å²) in [4.78, 5) is 0.0601. The maximum atomic E-state index is 12.1. The lowest BCUT2D eigenvalue weighted by Crippen LogP contribution is -2.37. The van der Waals surface area contributed by atoms with Crippen LogP contribution >= 0.6 is 0 Å². The van der Waals surface area contributed by atoms with Crippen LogP contribution in [0.4, 0.5) is 0 Å². The second kappa shape index (κ2) is 5.83. The molecule has 0 aromatic heterocycles. The molecule has 0 aliphatic heterocycles. The van der Waals surface area contributed by atoms with Gasteiger partial charge in [-0.15, -0.1) is 0 Å². The fourth-order valence-electron chi connectivity index (χ4n) is 1.48. The van der Waals surface area contributed by atoms with Gasteiger partial charge >= 0.3 is 0 Å². The van der Waals surface area contributed by atoms with Crippen LogP contribution in [0.2, 0.25) is 0 Å². The van der Waals surface area contributed by atoms with E-state index >= 15 is 0 Å². The molecule has 100 valence electrons. The SMILES string of the molecule is Cc1cc(S(=O)(=O)NC(C#N)C(C)C)ccc1C#N. The van der Waals surface area contributed by atoms with E-state index in [9.17, 15) is 8.42 Å². The van der Waals surface area contributed by atoms with Crippen LogP contribution in [0, 0.1) is 35.5 Å². The van der Waals surface area contributed by atoms with Gasteiger partial charge in [-0.05, 0) is 36.6 Å². The average molecular weight is 277 g/mol. The van der Waals surface area contributed by atoms with Gasteiger partial charge in [0.1, 0.15) is 6.04 Å². The maximum Gasteiger partial charge on any atom is 0.241 e. The molecule has 0 fully saturated rings. The summed E-state index contributed by atoms with van der Waals surface area (Å²) in [6.07, 6.45) is 0. The molecule has 0 aliphatic carbocycles. The lowest BCUT2D eigenvalue weighted by molar-refractivity contribution is 0.515. The Morgan fingerprint density at radius 1 is 1.26 bits per heavy atom. The summed E-state index contributed by atoms with van der Waals surface area (Å²) in [5, 5.41) is 17.7. The van der Waals surface area contributed by atoms with E-state index in [4.69, 9.17) is 10.5 Å². The Balaban J connectivity index is 3.12. The zero-order valence-corrected chi connectivity index (χ0v) is 11.8. The fraction of sp³-hybridized carbons (Fsp3) is 0.385. The van der Waals surface area contributed by atoms with Crippen molar-refractivity contribution in [2.45, 2.75) is 31.7 Å². The summed E-state index contributed by atoms with van der Waals surface area (Å²) in [6.45, 7) is 5.20. The molecule has 6 heteroatoms. The zero-order valence-electron chi connectivity index (χ0n) is 11.0. The Kier molecular flexibility index (Phi) is 4.66. The number of sulfonamides is 1. The molecule has 0 saturated carbocycles. The third-order valence-corrected chi connectivity index (χ3v) is 4.16. The molecule has 0 heterocycles. The van der Waals surface area contributed by atoms with Crippen LogP contribution < -0.4 is 4.72 Å². The van der Waals surface area contributed by atoms with Crippen molar-refractivity contribution >= 4 is 10.0 Å². The first kappa shape index (κ1) is 15.2. The van der Waals surface area contributed by atoms with Crippen molar-refractivity contribution in [1.82, 2.24) is 4.72 Å². The molecule has 1 aromatic carbocycles. The van der Waals surface area contributed by atoms with E-state index in [-0.39, 0.29) is 10.8 Å². The Morgan fingerprint density at radius 3 is 2.32 bits per heavy atom. The van der Waals surface area contributed by atoms with Crippen LogP contribution in [0.3, 0.4) is 0 Å². The van der Waals surface area contributed by atoms with E-state index in [1.54, 1.807) is 20.8 Å². The molecular formula is C13H15N3O2S. The van der Waals surface area contributed by atoms with Crippen molar-refractivity contribution in [2.75, 3.05) is 0 Å². The van der Waals surface area contributed by atoms with Gasteiger partial charge in [-0.2, -0.15) is 15.2 Å². The second-order valence-corrected chi connectivity index (χ2v) is 6.27.